The maximum atomic E-state index is 11.4. The number of carbonyl (C=O) groups excluding carboxylic acids is 1. The Morgan fingerprint density at radius 1 is 1.16 bits per heavy atom. The first-order valence-corrected chi connectivity index (χ1v) is 8.61. The lowest BCUT2D eigenvalue weighted by Gasteiger charge is -2.13. The largest absolute Gasteiger partial charge is 0.303 e. The molecule has 0 aliphatic heterocycles. The maximum Gasteiger partial charge on any atom is 0.175 e. The minimum Gasteiger partial charge on any atom is -0.303 e. The smallest absolute Gasteiger partial charge is 0.175 e. The number of rotatable bonds is 5. The number of carbonyl (C=O) groups is 1. The topological polar surface area (TPSA) is 51.2 Å². The Hall–Kier alpha value is -1.46. The second-order valence-electron chi connectivity index (χ2n) is 4.35. The molecule has 0 saturated carbocycles. The summed E-state index contributed by atoms with van der Waals surface area (Å²) in [5.41, 5.74) is 2.04. The summed E-state index contributed by atoms with van der Waals surface area (Å²) in [7, 11) is -3.18. The highest BCUT2D eigenvalue weighted by Crippen LogP contribution is 2.29. The van der Waals surface area contributed by atoms with Crippen molar-refractivity contribution in [2.45, 2.75) is 17.2 Å². The Morgan fingerprint density at radius 3 is 2.32 bits per heavy atom. The van der Waals surface area contributed by atoms with Crippen molar-refractivity contribution < 1.29 is 13.2 Å². The first-order valence-electron chi connectivity index (χ1n) is 5.78. The van der Waals surface area contributed by atoms with Gasteiger partial charge in [0.1, 0.15) is 6.29 Å². The number of sulfone groups is 1. The molecular weight excluding hydrogens is 280 g/mol. The molecular formula is C14H14O3S2. The predicted molar refractivity (Wildman–Crippen MR) is 76.4 cm³/mol. The molecule has 1 aromatic carbocycles. The molecule has 1 atom stereocenters. The molecule has 3 nitrogen and oxygen atoms in total. The second kappa shape index (κ2) is 5.67. The zero-order valence-corrected chi connectivity index (χ0v) is 12.1. The van der Waals surface area contributed by atoms with Crippen molar-refractivity contribution >= 4 is 27.5 Å². The van der Waals surface area contributed by atoms with Gasteiger partial charge in [-0.2, -0.15) is 11.3 Å². The van der Waals surface area contributed by atoms with E-state index in [9.17, 15) is 13.2 Å². The Bertz CT molecular complexity index is 641. The van der Waals surface area contributed by atoms with E-state index in [1.54, 1.807) is 35.6 Å². The molecule has 0 amide bonds. The zero-order valence-electron chi connectivity index (χ0n) is 10.4. The highest BCUT2D eigenvalue weighted by Gasteiger charge is 2.15. The third-order valence-electron chi connectivity index (χ3n) is 2.99. The van der Waals surface area contributed by atoms with Gasteiger partial charge in [0.05, 0.1) is 4.90 Å². The van der Waals surface area contributed by atoms with Crippen molar-refractivity contribution in [3.8, 4) is 0 Å². The van der Waals surface area contributed by atoms with Crippen LogP contribution < -0.4 is 0 Å². The summed E-state index contributed by atoms with van der Waals surface area (Å²) in [5, 5.41) is 3.98. The molecule has 5 heteroatoms. The van der Waals surface area contributed by atoms with Crippen LogP contribution in [0.3, 0.4) is 0 Å². The van der Waals surface area contributed by atoms with E-state index in [-0.39, 0.29) is 5.92 Å². The average Bonchev–Trinajstić information content (AvgIpc) is 2.89. The number of hydrogen-bond donors (Lipinski definition) is 0. The molecule has 0 N–H and O–H groups in total. The minimum atomic E-state index is -3.18. The molecule has 2 aromatic rings. The third kappa shape index (κ3) is 3.30. The third-order valence-corrected chi connectivity index (χ3v) is 4.82. The summed E-state index contributed by atoms with van der Waals surface area (Å²) >= 11 is 1.58. The van der Waals surface area contributed by atoms with Gasteiger partial charge in [-0.3, -0.25) is 0 Å². The highest BCUT2D eigenvalue weighted by molar-refractivity contribution is 7.90. The standard InChI is InChI=1S/C14H14O3S2/c1-19(16,17)13-4-2-11(3-5-13)14(6-8-15)12-7-9-18-10-12/h2-5,7-10,14H,6H2,1H3/t14-/m1/s1. The first kappa shape index (κ1) is 14.0. The molecule has 0 spiro atoms. The molecule has 1 aromatic heterocycles. The first-order chi connectivity index (χ1) is 9.02. The Labute approximate surface area is 116 Å². The zero-order chi connectivity index (χ0) is 13.9. The van der Waals surface area contributed by atoms with Crippen LogP contribution in [0.2, 0.25) is 0 Å². The minimum absolute atomic E-state index is 0.00244. The van der Waals surface area contributed by atoms with Gasteiger partial charge >= 0.3 is 0 Å². The summed E-state index contributed by atoms with van der Waals surface area (Å²) in [6.45, 7) is 0. The van der Waals surface area contributed by atoms with Crippen LogP contribution in [0.1, 0.15) is 23.5 Å². The number of hydrogen-bond acceptors (Lipinski definition) is 4. The lowest BCUT2D eigenvalue weighted by molar-refractivity contribution is -0.108. The molecule has 2 rings (SSSR count). The van der Waals surface area contributed by atoms with E-state index in [0.29, 0.717) is 11.3 Å². The molecule has 0 radical (unpaired) electrons. The Balaban J connectivity index is 2.36. The lowest BCUT2D eigenvalue weighted by atomic mass is 9.91. The number of aldehydes is 1. The molecule has 0 fully saturated rings. The van der Waals surface area contributed by atoms with E-state index < -0.39 is 9.84 Å². The SMILES string of the molecule is CS(=O)(=O)c1ccc([C@@H](CC=O)c2ccsc2)cc1. The molecule has 0 aliphatic rings. The highest BCUT2D eigenvalue weighted by atomic mass is 32.2. The summed E-state index contributed by atoms with van der Waals surface area (Å²) in [4.78, 5) is 11.1. The molecule has 0 aliphatic carbocycles. The summed E-state index contributed by atoms with van der Waals surface area (Å²) in [6, 6.07) is 8.73. The second-order valence-corrected chi connectivity index (χ2v) is 7.15. The molecule has 0 unspecified atom stereocenters. The summed E-state index contributed by atoms with van der Waals surface area (Å²) in [5.74, 6) is -0.00244. The van der Waals surface area contributed by atoms with E-state index in [2.05, 4.69) is 0 Å². The molecule has 0 bridgehead atoms. The van der Waals surface area contributed by atoms with E-state index in [1.165, 1.54) is 6.26 Å². The van der Waals surface area contributed by atoms with Crippen molar-refractivity contribution in [1.82, 2.24) is 0 Å². The van der Waals surface area contributed by atoms with Gasteiger partial charge in [-0.05, 0) is 40.1 Å². The Morgan fingerprint density at radius 2 is 1.84 bits per heavy atom. The van der Waals surface area contributed by atoms with E-state index in [0.717, 1.165) is 17.4 Å². The van der Waals surface area contributed by atoms with Crippen LogP contribution in [0.4, 0.5) is 0 Å². The fourth-order valence-electron chi connectivity index (χ4n) is 1.98. The fraction of sp³-hybridized carbons (Fsp3) is 0.214. The van der Waals surface area contributed by atoms with Crippen LogP contribution in [0, 0.1) is 0 Å². The van der Waals surface area contributed by atoms with Crippen molar-refractivity contribution in [3.05, 3.63) is 52.2 Å². The molecule has 19 heavy (non-hydrogen) atoms. The number of benzene rings is 1. The fourth-order valence-corrected chi connectivity index (χ4v) is 3.33. The van der Waals surface area contributed by atoms with Gasteiger partial charge in [-0.1, -0.05) is 12.1 Å². The van der Waals surface area contributed by atoms with Gasteiger partial charge in [0.2, 0.25) is 0 Å². The Kier molecular flexibility index (Phi) is 4.17. The van der Waals surface area contributed by atoms with Crippen molar-refractivity contribution in [2.24, 2.45) is 0 Å². The summed E-state index contributed by atoms with van der Waals surface area (Å²) in [6.07, 6.45) is 2.48. The van der Waals surface area contributed by atoms with Gasteiger partial charge < -0.3 is 4.79 Å². The molecule has 100 valence electrons. The normalized spacial score (nSPS) is 13.1. The van der Waals surface area contributed by atoms with Crippen LogP contribution in [0.15, 0.2) is 46.0 Å². The average molecular weight is 294 g/mol. The maximum absolute atomic E-state index is 11.4. The van der Waals surface area contributed by atoms with Crippen LogP contribution in [0.25, 0.3) is 0 Å². The lowest BCUT2D eigenvalue weighted by Crippen LogP contribution is -2.02. The quantitative estimate of drug-likeness (QED) is 0.797. The van der Waals surface area contributed by atoms with Crippen molar-refractivity contribution in [2.75, 3.05) is 6.26 Å². The van der Waals surface area contributed by atoms with Gasteiger partial charge in [-0.25, -0.2) is 8.42 Å². The monoisotopic (exact) mass is 294 g/mol. The van der Waals surface area contributed by atoms with E-state index in [1.807, 2.05) is 16.8 Å². The van der Waals surface area contributed by atoms with Crippen molar-refractivity contribution in [3.63, 3.8) is 0 Å². The van der Waals surface area contributed by atoms with Crippen LogP contribution in [0.5, 0.6) is 0 Å². The predicted octanol–water partition coefficient (Wildman–Crippen LogP) is 2.87. The molecule has 0 saturated heterocycles. The van der Waals surface area contributed by atoms with Crippen molar-refractivity contribution in [1.29, 1.82) is 0 Å². The van der Waals surface area contributed by atoms with Crippen LogP contribution in [-0.4, -0.2) is 21.0 Å². The van der Waals surface area contributed by atoms with Gasteiger partial charge in [0, 0.05) is 18.6 Å². The molecule has 1 heterocycles. The van der Waals surface area contributed by atoms with Gasteiger partial charge in [0.15, 0.2) is 9.84 Å². The van der Waals surface area contributed by atoms with Crippen LogP contribution in [-0.2, 0) is 14.6 Å². The number of thiophene rings is 1. The van der Waals surface area contributed by atoms with E-state index >= 15 is 0 Å². The summed E-state index contributed by atoms with van der Waals surface area (Å²) < 4.78 is 22.8. The van der Waals surface area contributed by atoms with Gasteiger partial charge in [-0.15, -0.1) is 0 Å². The van der Waals surface area contributed by atoms with Gasteiger partial charge in [0.25, 0.3) is 0 Å². The van der Waals surface area contributed by atoms with E-state index in [4.69, 9.17) is 0 Å². The van der Waals surface area contributed by atoms with Crippen LogP contribution >= 0.6 is 11.3 Å².